The Labute approximate surface area is 192 Å². The average molecular weight is 557 g/mol. The molecule has 0 saturated heterocycles. The number of halogens is 11. The van der Waals surface area contributed by atoms with E-state index in [-0.39, 0.29) is 19.5 Å². The maximum absolute atomic E-state index is 14.3. The molecule has 17 heteroatoms. The average Bonchev–Trinajstić information content (AvgIpc) is 3.00. The van der Waals surface area contributed by atoms with Crippen molar-refractivity contribution >= 4 is 5.78 Å². The molecule has 0 amide bonds. The predicted octanol–water partition coefficient (Wildman–Crippen LogP) is 4.64. The number of carbonyl (C=O) groups excluding carboxylic acids is 1. The molecule has 0 aliphatic heterocycles. The van der Waals surface area contributed by atoms with Crippen molar-refractivity contribution < 1.29 is 77.7 Å². The van der Waals surface area contributed by atoms with E-state index in [9.17, 15) is 58.2 Å². The van der Waals surface area contributed by atoms with Gasteiger partial charge in [0.25, 0.3) is 5.95 Å². The summed E-state index contributed by atoms with van der Waals surface area (Å²) in [7, 11) is 0. The Morgan fingerprint density at radius 1 is 0.794 bits per heavy atom. The minimum absolute atomic E-state index is 0. The van der Waals surface area contributed by atoms with Crippen LogP contribution in [-0.2, 0) is 25.7 Å². The number of aromatic hydroxyl groups is 1. The van der Waals surface area contributed by atoms with Crippen molar-refractivity contribution in [2.24, 2.45) is 0 Å². The monoisotopic (exact) mass is 555 g/mol. The van der Waals surface area contributed by atoms with Gasteiger partial charge < -0.3 is 5.11 Å². The van der Waals surface area contributed by atoms with Crippen LogP contribution in [0.15, 0.2) is 0 Å². The largest absolute Gasteiger partial charge is 0.493 e. The Morgan fingerprint density at radius 3 is 1.74 bits per heavy atom. The van der Waals surface area contributed by atoms with Gasteiger partial charge in [-0.1, -0.05) is 0 Å². The molecule has 3 aromatic rings. The van der Waals surface area contributed by atoms with Crippen LogP contribution in [0.3, 0.4) is 0 Å². The number of hydrogen-bond acceptors (Lipinski definition) is 4. The molecule has 0 saturated carbocycles. The topological polar surface area (TPSA) is 68.0 Å². The Bertz CT molecular complexity index is 1310. The quantitative estimate of drug-likeness (QED) is 0.128. The molecule has 0 unspecified atom stereocenters. The summed E-state index contributed by atoms with van der Waals surface area (Å²) >= 11 is 0. The number of hydrogen-bond donors (Lipinski definition) is 1. The number of nitrogens with zero attached hydrogens (tertiary/aromatic N) is 3. The van der Waals surface area contributed by atoms with Gasteiger partial charge in [-0.2, -0.15) is 31.7 Å². The number of aromatic nitrogens is 3. The van der Waals surface area contributed by atoms with Crippen molar-refractivity contribution in [3.05, 3.63) is 69.2 Å². The van der Waals surface area contributed by atoms with Crippen LogP contribution in [0.25, 0.3) is 5.69 Å². The Kier molecular flexibility index (Phi) is 7.13. The summed E-state index contributed by atoms with van der Waals surface area (Å²) in [6.07, 6.45) is -5.67. The first-order valence-electron chi connectivity index (χ1n) is 8.07. The van der Waals surface area contributed by atoms with Gasteiger partial charge in [-0.3, -0.25) is 4.79 Å². The van der Waals surface area contributed by atoms with Gasteiger partial charge in [-0.05, 0) is 6.92 Å². The number of carbonyl (C=O) groups is 1. The third-order valence-corrected chi connectivity index (χ3v) is 4.20. The summed E-state index contributed by atoms with van der Waals surface area (Å²) in [5, 5.41) is 13.3. The minimum atomic E-state index is -5.67. The van der Waals surface area contributed by atoms with Crippen LogP contribution in [0.1, 0.15) is 27.3 Å². The van der Waals surface area contributed by atoms with Crippen LogP contribution in [0.4, 0.5) is 48.3 Å². The normalized spacial score (nSPS) is 11.5. The molecule has 0 aliphatic carbocycles. The van der Waals surface area contributed by atoms with E-state index in [0.29, 0.717) is 6.92 Å². The Morgan fingerprint density at radius 2 is 1.26 bits per heavy atom. The van der Waals surface area contributed by atoms with Crippen molar-refractivity contribution in [2.75, 3.05) is 0 Å². The van der Waals surface area contributed by atoms with E-state index in [4.69, 9.17) is 0 Å². The molecule has 0 bridgehead atoms. The summed E-state index contributed by atoms with van der Waals surface area (Å²) in [6, 6.07) is 0. The standard InChI is InChI=1S/C17H4F11N3O2.Zn/c1-2-3(13(32)4-5(18)7(20)9(22)8(21)6(4)19)16(33)31(30-2)12-10(23)14(17(26,27)28)29-15(25)11(12)24;/h33H,1H3;. The summed E-state index contributed by atoms with van der Waals surface area (Å²) < 4.78 is 148. The van der Waals surface area contributed by atoms with Crippen LogP contribution >= 0.6 is 0 Å². The summed E-state index contributed by atoms with van der Waals surface area (Å²) in [5.74, 6) is -24.5. The van der Waals surface area contributed by atoms with E-state index in [1.807, 2.05) is 0 Å². The van der Waals surface area contributed by atoms with Gasteiger partial charge in [0.2, 0.25) is 23.3 Å². The molecular weight excluding hydrogens is 553 g/mol. The molecule has 0 atom stereocenters. The number of benzene rings is 1. The maximum Gasteiger partial charge on any atom is 0.436 e. The molecule has 2 aromatic heterocycles. The molecule has 1 N–H and O–H groups in total. The molecule has 0 radical (unpaired) electrons. The van der Waals surface area contributed by atoms with Gasteiger partial charge in [0.05, 0.1) is 5.69 Å². The molecule has 0 spiro atoms. The number of rotatable bonds is 3. The van der Waals surface area contributed by atoms with Crippen LogP contribution in [0.2, 0.25) is 0 Å². The number of alkyl halides is 3. The van der Waals surface area contributed by atoms with E-state index >= 15 is 0 Å². The van der Waals surface area contributed by atoms with Crippen molar-refractivity contribution in [1.29, 1.82) is 0 Å². The first kappa shape index (κ1) is 27.2. The van der Waals surface area contributed by atoms with Gasteiger partial charge in [0.15, 0.2) is 34.8 Å². The van der Waals surface area contributed by atoms with E-state index < -0.39 is 97.4 Å². The Hall–Kier alpha value is -3.10. The van der Waals surface area contributed by atoms with Crippen molar-refractivity contribution in [2.45, 2.75) is 13.1 Å². The van der Waals surface area contributed by atoms with Crippen LogP contribution in [0, 0.1) is 53.6 Å². The molecular formula is C17H4F11N3O2Zn. The van der Waals surface area contributed by atoms with Crippen molar-refractivity contribution in [3.8, 4) is 11.6 Å². The minimum Gasteiger partial charge on any atom is -0.493 e. The number of pyridine rings is 1. The summed E-state index contributed by atoms with van der Waals surface area (Å²) in [6.45, 7) is 0.716. The van der Waals surface area contributed by atoms with Gasteiger partial charge in [0, 0.05) is 19.5 Å². The predicted molar refractivity (Wildman–Crippen MR) is 82.3 cm³/mol. The maximum atomic E-state index is 14.3. The smallest absolute Gasteiger partial charge is 0.436 e. The third kappa shape index (κ3) is 4.01. The van der Waals surface area contributed by atoms with Gasteiger partial charge in [-0.15, -0.1) is 0 Å². The fraction of sp³-hybridized carbons (Fsp3) is 0.118. The zero-order chi connectivity index (χ0) is 25.2. The first-order chi connectivity index (χ1) is 15.1. The molecule has 5 nitrogen and oxygen atoms in total. The second-order valence-electron chi connectivity index (χ2n) is 6.20. The fourth-order valence-corrected chi connectivity index (χ4v) is 2.74. The zero-order valence-corrected chi connectivity index (χ0v) is 19.0. The molecule has 34 heavy (non-hydrogen) atoms. The van der Waals surface area contributed by atoms with Crippen LogP contribution in [0.5, 0.6) is 5.88 Å². The van der Waals surface area contributed by atoms with Crippen LogP contribution < -0.4 is 0 Å². The van der Waals surface area contributed by atoms with E-state index in [0.717, 1.165) is 0 Å². The van der Waals surface area contributed by atoms with Gasteiger partial charge >= 0.3 is 6.18 Å². The first-order valence-corrected chi connectivity index (χ1v) is 8.07. The van der Waals surface area contributed by atoms with Crippen molar-refractivity contribution in [1.82, 2.24) is 14.8 Å². The Balaban J connectivity index is 0.00000408. The molecule has 178 valence electrons. The third-order valence-electron chi connectivity index (χ3n) is 4.20. The van der Waals surface area contributed by atoms with E-state index in [1.165, 1.54) is 0 Å². The second-order valence-corrected chi connectivity index (χ2v) is 6.20. The number of aryl methyl sites for hydroxylation is 1. The molecule has 0 fully saturated rings. The van der Waals surface area contributed by atoms with Gasteiger partial charge in [-0.25, -0.2) is 31.3 Å². The van der Waals surface area contributed by atoms with Gasteiger partial charge in [0.1, 0.15) is 16.8 Å². The molecule has 0 aliphatic rings. The molecule has 1 aromatic carbocycles. The SMILES string of the molecule is Cc1nn(-c2c(F)c(F)nc(C(F)(F)F)c2F)c(O)c1C(=O)c1c(F)c(F)c(F)c(F)c1F.[Zn]. The summed E-state index contributed by atoms with van der Waals surface area (Å²) in [4.78, 5) is 14.5. The van der Waals surface area contributed by atoms with E-state index in [2.05, 4.69) is 10.1 Å². The second kappa shape index (κ2) is 8.93. The molecule has 3 rings (SSSR count). The number of ketones is 1. The zero-order valence-electron chi connectivity index (χ0n) is 16.1. The molecule has 2 heterocycles. The fourth-order valence-electron chi connectivity index (χ4n) is 2.74. The van der Waals surface area contributed by atoms with Crippen molar-refractivity contribution in [3.63, 3.8) is 0 Å². The van der Waals surface area contributed by atoms with Crippen LogP contribution in [-0.4, -0.2) is 25.7 Å². The van der Waals surface area contributed by atoms with E-state index in [1.54, 1.807) is 0 Å². The summed E-state index contributed by atoms with van der Waals surface area (Å²) in [5.41, 5.74) is -9.04.